The van der Waals surface area contributed by atoms with Gasteiger partial charge in [0.2, 0.25) is 0 Å². The molecule has 0 aliphatic carbocycles. The Morgan fingerprint density at radius 1 is 1.73 bits per heavy atom. The van der Waals surface area contributed by atoms with E-state index in [0.29, 0.717) is 6.54 Å². The van der Waals surface area contributed by atoms with Crippen LogP contribution in [0.5, 0.6) is 0 Å². The minimum Gasteiger partial charge on any atom is -0.330 e. The molecule has 0 amide bonds. The van der Waals surface area contributed by atoms with Crippen LogP contribution in [0.4, 0.5) is 0 Å². The predicted molar refractivity (Wildman–Crippen MR) is 45.9 cm³/mol. The molecular formula is C9H15NO. The summed E-state index contributed by atoms with van der Waals surface area (Å²) in [5.74, 6) is 2.58. The molecule has 0 bridgehead atoms. The minimum atomic E-state index is 0.0783. The van der Waals surface area contributed by atoms with Gasteiger partial charge in [-0.25, -0.2) is 0 Å². The summed E-state index contributed by atoms with van der Waals surface area (Å²) in [4.78, 5) is 11.1. The molecule has 0 aromatic carbocycles. The van der Waals surface area contributed by atoms with E-state index in [1.54, 1.807) is 0 Å². The van der Waals surface area contributed by atoms with Gasteiger partial charge in [-0.15, -0.1) is 6.42 Å². The molecule has 0 aliphatic heterocycles. The van der Waals surface area contributed by atoms with E-state index in [1.807, 2.05) is 6.92 Å². The van der Waals surface area contributed by atoms with Gasteiger partial charge in [-0.1, -0.05) is 12.8 Å². The lowest BCUT2D eigenvalue weighted by Crippen LogP contribution is -2.11. The zero-order valence-corrected chi connectivity index (χ0v) is 6.97. The maximum absolute atomic E-state index is 11.1. The molecule has 2 nitrogen and oxygen atoms in total. The first-order valence-corrected chi connectivity index (χ1v) is 3.88. The second-order valence-electron chi connectivity index (χ2n) is 2.68. The van der Waals surface area contributed by atoms with E-state index in [2.05, 4.69) is 5.92 Å². The number of nitrogens with two attached hydrogens (primary N) is 1. The summed E-state index contributed by atoms with van der Waals surface area (Å²) in [6.45, 7) is 2.54. The third-order valence-corrected chi connectivity index (χ3v) is 1.67. The smallest absolute Gasteiger partial charge is 0.147 e. The fourth-order valence-electron chi connectivity index (χ4n) is 0.860. The molecule has 0 spiro atoms. The van der Waals surface area contributed by atoms with Crippen molar-refractivity contribution in [2.75, 3.05) is 6.54 Å². The average Bonchev–Trinajstić information content (AvgIpc) is 2.00. The summed E-state index contributed by atoms with van der Waals surface area (Å²) in [6.07, 6.45) is 7.01. The van der Waals surface area contributed by atoms with Crippen LogP contribution < -0.4 is 5.73 Å². The highest BCUT2D eigenvalue weighted by Gasteiger charge is 2.09. The number of ketones is 1. The highest BCUT2D eigenvalue weighted by molar-refractivity contribution is 5.82. The van der Waals surface area contributed by atoms with Crippen LogP contribution in [0.1, 0.15) is 26.2 Å². The van der Waals surface area contributed by atoms with Gasteiger partial charge in [0.1, 0.15) is 5.78 Å². The Hall–Kier alpha value is -0.810. The van der Waals surface area contributed by atoms with Crippen molar-refractivity contribution in [3.8, 4) is 12.3 Å². The largest absolute Gasteiger partial charge is 0.330 e. The number of hydrogen-bond donors (Lipinski definition) is 1. The van der Waals surface area contributed by atoms with E-state index in [9.17, 15) is 4.79 Å². The predicted octanol–water partition coefficient (Wildman–Crippen LogP) is 0.954. The van der Waals surface area contributed by atoms with Crippen LogP contribution in [-0.2, 0) is 4.79 Å². The van der Waals surface area contributed by atoms with E-state index in [-0.39, 0.29) is 18.1 Å². The molecule has 0 saturated heterocycles. The summed E-state index contributed by atoms with van der Waals surface area (Å²) in [6, 6.07) is 0. The summed E-state index contributed by atoms with van der Waals surface area (Å²) >= 11 is 0. The van der Waals surface area contributed by atoms with Crippen LogP contribution in [0.15, 0.2) is 0 Å². The highest BCUT2D eigenvalue weighted by Crippen LogP contribution is 2.07. The molecular weight excluding hydrogens is 138 g/mol. The zero-order valence-electron chi connectivity index (χ0n) is 6.97. The lowest BCUT2D eigenvalue weighted by molar-refractivity contribution is -0.121. The van der Waals surface area contributed by atoms with Crippen molar-refractivity contribution in [3.63, 3.8) is 0 Å². The van der Waals surface area contributed by atoms with Gasteiger partial charge in [-0.05, 0) is 19.4 Å². The van der Waals surface area contributed by atoms with Crippen LogP contribution in [0, 0.1) is 18.3 Å². The fourth-order valence-corrected chi connectivity index (χ4v) is 0.860. The summed E-state index contributed by atoms with van der Waals surface area (Å²) in [5.41, 5.74) is 5.30. The standard InChI is InChI=1S/C9H15NO/c1-3-5-9(11)8(2)6-4-7-10/h1,8H,4-7,10H2,2H3. The molecule has 0 fully saturated rings. The van der Waals surface area contributed by atoms with Crippen molar-refractivity contribution in [1.29, 1.82) is 0 Å². The van der Waals surface area contributed by atoms with E-state index in [0.717, 1.165) is 12.8 Å². The summed E-state index contributed by atoms with van der Waals surface area (Å²) < 4.78 is 0. The number of hydrogen-bond acceptors (Lipinski definition) is 2. The van der Waals surface area contributed by atoms with Crippen LogP contribution >= 0.6 is 0 Å². The van der Waals surface area contributed by atoms with E-state index in [1.165, 1.54) is 0 Å². The molecule has 11 heavy (non-hydrogen) atoms. The Bertz CT molecular complexity index is 157. The molecule has 0 rings (SSSR count). The first-order valence-electron chi connectivity index (χ1n) is 3.88. The Labute approximate surface area is 68.2 Å². The van der Waals surface area contributed by atoms with Crippen molar-refractivity contribution in [3.05, 3.63) is 0 Å². The molecule has 2 N–H and O–H groups in total. The molecule has 0 saturated carbocycles. The van der Waals surface area contributed by atoms with Gasteiger partial charge in [0.05, 0.1) is 6.42 Å². The van der Waals surface area contributed by atoms with Crippen molar-refractivity contribution < 1.29 is 4.79 Å². The molecule has 0 aromatic rings. The molecule has 0 aliphatic rings. The third-order valence-electron chi connectivity index (χ3n) is 1.67. The quantitative estimate of drug-likeness (QED) is 0.598. The molecule has 0 heterocycles. The van der Waals surface area contributed by atoms with Gasteiger partial charge >= 0.3 is 0 Å². The maximum Gasteiger partial charge on any atom is 0.147 e. The Morgan fingerprint density at radius 2 is 2.36 bits per heavy atom. The highest BCUT2D eigenvalue weighted by atomic mass is 16.1. The van der Waals surface area contributed by atoms with Crippen LogP contribution in [0.3, 0.4) is 0 Å². The second kappa shape index (κ2) is 5.94. The van der Waals surface area contributed by atoms with Gasteiger partial charge in [-0.3, -0.25) is 4.79 Å². The molecule has 2 heteroatoms. The number of terminal acetylenes is 1. The van der Waals surface area contributed by atoms with Crippen LogP contribution in [-0.4, -0.2) is 12.3 Å². The van der Waals surface area contributed by atoms with Crippen molar-refractivity contribution in [1.82, 2.24) is 0 Å². The molecule has 62 valence electrons. The molecule has 1 unspecified atom stereocenters. The van der Waals surface area contributed by atoms with Gasteiger partial charge in [-0.2, -0.15) is 0 Å². The molecule has 0 aromatic heterocycles. The van der Waals surface area contributed by atoms with E-state index in [4.69, 9.17) is 12.2 Å². The van der Waals surface area contributed by atoms with Crippen LogP contribution in [0.2, 0.25) is 0 Å². The number of Topliss-reactive ketones (excluding diaryl/α,β-unsaturated/α-hetero) is 1. The number of carbonyl (C=O) groups is 1. The Kier molecular flexibility index (Phi) is 5.50. The normalized spacial score (nSPS) is 12.1. The zero-order chi connectivity index (χ0) is 8.69. The second-order valence-corrected chi connectivity index (χ2v) is 2.68. The van der Waals surface area contributed by atoms with Crippen molar-refractivity contribution in [2.45, 2.75) is 26.2 Å². The van der Waals surface area contributed by atoms with E-state index >= 15 is 0 Å². The lowest BCUT2D eigenvalue weighted by Gasteiger charge is -2.06. The Morgan fingerprint density at radius 3 is 2.82 bits per heavy atom. The number of rotatable bonds is 5. The first kappa shape index (κ1) is 10.2. The maximum atomic E-state index is 11.1. The monoisotopic (exact) mass is 153 g/mol. The van der Waals surface area contributed by atoms with Crippen molar-refractivity contribution >= 4 is 5.78 Å². The van der Waals surface area contributed by atoms with Gasteiger partial charge in [0, 0.05) is 5.92 Å². The minimum absolute atomic E-state index is 0.0783. The van der Waals surface area contributed by atoms with Gasteiger partial charge < -0.3 is 5.73 Å². The summed E-state index contributed by atoms with van der Waals surface area (Å²) in [7, 11) is 0. The van der Waals surface area contributed by atoms with Crippen molar-refractivity contribution in [2.24, 2.45) is 11.7 Å². The molecule has 0 radical (unpaired) electrons. The van der Waals surface area contributed by atoms with Gasteiger partial charge in [0.25, 0.3) is 0 Å². The number of carbonyl (C=O) groups excluding carboxylic acids is 1. The Balaban J connectivity index is 3.57. The fraction of sp³-hybridized carbons (Fsp3) is 0.667. The molecule has 1 atom stereocenters. The summed E-state index contributed by atoms with van der Waals surface area (Å²) in [5, 5.41) is 0. The average molecular weight is 153 g/mol. The topological polar surface area (TPSA) is 43.1 Å². The van der Waals surface area contributed by atoms with E-state index < -0.39 is 0 Å². The van der Waals surface area contributed by atoms with Gasteiger partial charge in [0.15, 0.2) is 0 Å². The SMILES string of the molecule is C#CCC(=O)C(C)CCCN. The van der Waals surface area contributed by atoms with Crippen LogP contribution in [0.25, 0.3) is 0 Å². The third kappa shape index (κ3) is 4.58. The first-order chi connectivity index (χ1) is 5.22. The lowest BCUT2D eigenvalue weighted by atomic mass is 9.99.